The van der Waals surface area contributed by atoms with Gasteiger partial charge in [-0.15, -0.1) is 0 Å². The number of carbonyl (C=O) groups is 1. The number of nitrogens with one attached hydrogen (secondary N) is 2. The quantitative estimate of drug-likeness (QED) is 0.527. The first-order valence-corrected chi connectivity index (χ1v) is 9.30. The van der Waals surface area contributed by atoms with E-state index in [1.807, 2.05) is 0 Å². The van der Waals surface area contributed by atoms with Crippen LogP contribution < -0.4 is 16.1 Å². The lowest BCUT2D eigenvalue weighted by molar-refractivity contribution is -0.149. The molecule has 2 N–H and O–H groups in total. The molecule has 0 aliphatic heterocycles. The monoisotopic (exact) mass is 476 g/mol. The third-order valence-corrected chi connectivity index (χ3v) is 4.54. The van der Waals surface area contributed by atoms with Gasteiger partial charge in [-0.05, 0) is 31.2 Å². The van der Waals surface area contributed by atoms with Crippen molar-refractivity contribution >= 4 is 22.8 Å². The van der Waals surface area contributed by atoms with Gasteiger partial charge in [0.2, 0.25) is 5.43 Å². The lowest BCUT2D eigenvalue weighted by Gasteiger charge is -2.18. The maximum Gasteiger partial charge on any atom is 0.408 e. The summed E-state index contributed by atoms with van der Waals surface area (Å²) in [5, 5.41) is 3.63. The molecule has 1 amide bonds. The minimum Gasteiger partial charge on any atom is -0.364 e. The van der Waals surface area contributed by atoms with Crippen molar-refractivity contribution in [3.8, 4) is 5.69 Å². The summed E-state index contributed by atoms with van der Waals surface area (Å²) in [5.74, 6) is -3.59. The predicted molar refractivity (Wildman–Crippen MR) is 105 cm³/mol. The van der Waals surface area contributed by atoms with Crippen molar-refractivity contribution in [1.29, 1.82) is 0 Å². The fraction of sp³-hybridized carbons (Fsp3) is 0.250. The number of halogens is 7. The molecule has 0 aliphatic rings. The number of carbonyl (C=O) groups excluding carboxylic acids is 1. The molecule has 0 spiro atoms. The second-order valence-electron chi connectivity index (χ2n) is 6.91. The highest BCUT2D eigenvalue weighted by molar-refractivity contribution is 5.97. The van der Waals surface area contributed by atoms with Crippen LogP contribution in [0.25, 0.3) is 16.7 Å². The van der Waals surface area contributed by atoms with Crippen molar-refractivity contribution in [3.05, 3.63) is 63.9 Å². The van der Waals surface area contributed by atoms with Crippen LogP contribution in [0.5, 0.6) is 0 Å². The summed E-state index contributed by atoms with van der Waals surface area (Å²) in [5.41, 5.74) is -2.48. The molecule has 0 aliphatic carbocycles. The maximum absolute atomic E-state index is 14.5. The second-order valence-corrected chi connectivity index (χ2v) is 6.91. The first kappa shape index (κ1) is 24.0. The number of benzene rings is 1. The largest absolute Gasteiger partial charge is 0.408 e. The summed E-state index contributed by atoms with van der Waals surface area (Å²) in [6, 6.07) is 2.26. The molecule has 0 radical (unpaired) electrons. The number of alkyl halides is 5. The van der Waals surface area contributed by atoms with E-state index in [1.165, 1.54) is 0 Å². The van der Waals surface area contributed by atoms with Crippen LogP contribution in [0.4, 0.5) is 36.6 Å². The molecule has 2 heterocycles. The van der Waals surface area contributed by atoms with E-state index in [0.717, 1.165) is 35.0 Å². The Balaban J connectivity index is 2.22. The molecule has 0 saturated carbocycles. The van der Waals surface area contributed by atoms with Gasteiger partial charge in [0.15, 0.2) is 5.65 Å². The van der Waals surface area contributed by atoms with E-state index in [4.69, 9.17) is 0 Å². The molecule has 176 valence electrons. The SMILES string of the molecule is CC(NC(=O)c1cn(-c2ccc(F)cc2F)c2nc(NCC(F)F)ccc2c1=O)C(F)(F)F. The molecular weight excluding hydrogens is 461 g/mol. The van der Waals surface area contributed by atoms with E-state index in [1.54, 1.807) is 5.32 Å². The number of hydrogen-bond acceptors (Lipinski definition) is 4. The normalized spacial score (nSPS) is 12.8. The third kappa shape index (κ3) is 5.23. The molecular formula is C20H15F7N4O2. The molecule has 13 heteroatoms. The molecule has 0 fully saturated rings. The van der Waals surface area contributed by atoms with Crippen LogP contribution in [0.1, 0.15) is 17.3 Å². The van der Waals surface area contributed by atoms with Crippen molar-refractivity contribution in [2.75, 3.05) is 11.9 Å². The minimum absolute atomic E-state index is 0.124. The van der Waals surface area contributed by atoms with Gasteiger partial charge in [-0.25, -0.2) is 22.5 Å². The molecule has 0 bridgehead atoms. The summed E-state index contributed by atoms with van der Waals surface area (Å²) in [4.78, 5) is 29.2. The smallest absolute Gasteiger partial charge is 0.364 e. The molecule has 1 atom stereocenters. The van der Waals surface area contributed by atoms with E-state index in [9.17, 15) is 40.3 Å². The lowest BCUT2D eigenvalue weighted by atomic mass is 10.1. The Hall–Kier alpha value is -3.64. The standard InChI is InChI=1S/C20H15F7N4O2/c1-9(20(25,26)27)29-19(33)12-8-31(14-4-2-10(21)6-13(14)22)18-11(17(12)32)3-5-16(30-18)28-7-15(23)24/h2-6,8-9,15H,7H2,1H3,(H,28,30)(H,29,33). The maximum atomic E-state index is 14.5. The summed E-state index contributed by atoms with van der Waals surface area (Å²) in [7, 11) is 0. The topological polar surface area (TPSA) is 76.0 Å². The Morgan fingerprint density at radius 1 is 1.15 bits per heavy atom. The molecule has 1 unspecified atom stereocenters. The van der Waals surface area contributed by atoms with Crippen molar-refractivity contribution in [2.24, 2.45) is 0 Å². The Morgan fingerprint density at radius 2 is 1.85 bits per heavy atom. The summed E-state index contributed by atoms with van der Waals surface area (Å²) in [6.45, 7) is -0.122. The first-order chi connectivity index (χ1) is 15.4. The van der Waals surface area contributed by atoms with Crippen LogP contribution in [0, 0.1) is 11.6 Å². The first-order valence-electron chi connectivity index (χ1n) is 9.30. The number of rotatable bonds is 6. The summed E-state index contributed by atoms with van der Waals surface area (Å²) in [6.07, 6.45) is -6.77. The molecule has 0 saturated heterocycles. The summed E-state index contributed by atoms with van der Waals surface area (Å²) < 4.78 is 92.2. The van der Waals surface area contributed by atoms with Gasteiger partial charge in [0.25, 0.3) is 12.3 Å². The van der Waals surface area contributed by atoms with Crippen LogP contribution in [0.3, 0.4) is 0 Å². The van der Waals surface area contributed by atoms with Gasteiger partial charge in [0, 0.05) is 12.3 Å². The zero-order chi connectivity index (χ0) is 24.5. The van der Waals surface area contributed by atoms with Gasteiger partial charge < -0.3 is 10.6 Å². The van der Waals surface area contributed by atoms with Crippen molar-refractivity contribution in [2.45, 2.75) is 25.6 Å². The molecule has 1 aromatic carbocycles. The average Bonchev–Trinajstić information content (AvgIpc) is 2.72. The van der Waals surface area contributed by atoms with Crippen molar-refractivity contribution in [3.63, 3.8) is 0 Å². The van der Waals surface area contributed by atoms with Crippen LogP contribution in [-0.4, -0.2) is 40.6 Å². The van der Waals surface area contributed by atoms with Gasteiger partial charge >= 0.3 is 6.18 Å². The fourth-order valence-corrected chi connectivity index (χ4v) is 2.86. The van der Waals surface area contributed by atoms with Crippen LogP contribution >= 0.6 is 0 Å². The minimum atomic E-state index is -4.79. The zero-order valence-corrected chi connectivity index (χ0v) is 16.7. The number of pyridine rings is 2. The van der Waals surface area contributed by atoms with Crippen LogP contribution in [0.2, 0.25) is 0 Å². The highest BCUT2D eigenvalue weighted by Crippen LogP contribution is 2.23. The van der Waals surface area contributed by atoms with Crippen molar-refractivity contribution in [1.82, 2.24) is 14.9 Å². The molecule has 2 aromatic heterocycles. The zero-order valence-electron chi connectivity index (χ0n) is 16.7. The van der Waals surface area contributed by atoms with E-state index >= 15 is 0 Å². The Bertz CT molecular complexity index is 1260. The molecule has 3 aromatic rings. The van der Waals surface area contributed by atoms with Crippen LogP contribution in [-0.2, 0) is 0 Å². The second kappa shape index (κ2) is 9.08. The van der Waals surface area contributed by atoms with Gasteiger partial charge in [-0.2, -0.15) is 13.2 Å². The Morgan fingerprint density at radius 3 is 2.45 bits per heavy atom. The number of nitrogens with zero attached hydrogens (tertiary/aromatic N) is 2. The number of hydrogen-bond donors (Lipinski definition) is 2. The van der Waals surface area contributed by atoms with Gasteiger partial charge in [-0.3, -0.25) is 14.2 Å². The van der Waals surface area contributed by atoms with E-state index < -0.39 is 59.4 Å². The van der Waals surface area contributed by atoms with E-state index in [2.05, 4.69) is 10.3 Å². The average molecular weight is 476 g/mol. The highest BCUT2D eigenvalue weighted by atomic mass is 19.4. The molecule has 6 nitrogen and oxygen atoms in total. The number of amides is 1. The van der Waals surface area contributed by atoms with Gasteiger partial charge in [0.05, 0.1) is 17.6 Å². The Kier molecular flexibility index (Phi) is 6.60. The van der Waals surface area contributed by atoms with Gasteiger partial charge in [0.1, 0.15) is 29.1 Å². The molecule has 33 heavy (non-hydrogen) atoms. The van der Waals surface area contributed by atoms with Crippen molar-refractivity contribution < 1.29 is 35.5 Å². The van der Waals surface area contributed by atoms with Gasteiger partial charge in [-0.1, -0.05) is 0 Å². The fourth-order valence-electron chi connectivity index (χ4n) is 2.86. The number of aromatic nitrogens is 2. The molecule has 3 rings (SSSR count). The van der Waals surface area contributed by atoms with E-state index in [-0.39, 0.29) is 16.9 Å². The highest BCUT2D eigenvalue weighted by Gasteiger charge is 2.37. The lowest BCUT2D eigenvalue weighted by Crippen LogP contribution is -2.44. The predicted octanol–water partition coefficient (Wildman–Crippen LogP) is 4.02. The Labute approximate surface area is 181 Å². The number of fused-ring (bicyclic) bond motifs is 1. The van der Waals surface area contributed by atoms with E-state index in [0.29, 0.717) is 13.0 Å². The van der Waals surface area contributed by atoms with Crippen LogP contribution in [0.15, 0.2) is 41.3 Å². The number of anilines is 1. The third-order valence-electron chi connectivity index (χ3n) is 4.54. The summed E-state index contributed by atoms with van der Waals surface area (Å²) >= 11 is 0.